The number of pyridine rings is 1. The third-order valence-corrected chi connectivity index (χ3v) is 5.73. The van der Waals surface area contributed by atoms with Crippen molar-refractivity contribution in [2.75, 3.05) is 18.4 Å². The van der Waals surface area contributed by atoms with Gasteiger partial charge in [0.05, 0.1) is 28.7 Å². The minimum atomic E-state index is -0.364. The van der Waals surface area contributed by atoms with Crippen LogP contribution in [0.25, 0.3) is 0 Å². The van der Waals surface area contributed by atoms with Gasteiger partial charge in [-0.3, -0.25) is 14.7 Å². The van der Waals surface area contributed by atoms with Crippen molar-refractivity contribution in [3.05, 3.63) is 40.6 Å². The summed E-state index contributed by atoms with van der Waals surface area (Å²) in [5.41, 5.74) is 1.84. The molecule has 0 spiro atoms. The van der Waals surface area contributed by atoms with Crippen LogP contribution in [0.1, 0.15) is 23.5 Å². The number of piperidine rings is 1. The van der Waals surface area contributed by atoms with Crippen molar-refractivity contribution in [1.82, 2.24) is 14.9 Å². The molecule has 2 aromatic heterocycles. The van der Waals surface area contributed by atoms with Crippen LogP contribution in [0.15, 0.2) is 29.9 Å². The number of thiazole rings is 1. The number of carbonyl (C=O) groups is 1. The SMILES string of the molecule is Cc1nc(CN2CC[C@H]3C[C@@H](C(=O)Nc4cccnc4)O[C@@H]3C2)cs1. The van der Waals surface area contributed by atoms with Gasteiger partial charge in [-0.1, -0.05) is 0 Å². The van der Waals surface area contributed by atoms with E-state index < -0.39 is 0 Å². The lowest BCUT2D eigenvalue weighted by Crippen LogP contribution is -2.42. The van der Waals surface area contributed by atoms with E-state index in [9.17, 15) is 4.79 Å². The van der Waals surface area contributed by atoms with Crippen molar-refractivity contribution in [2.45, 2.75) is 38.5 Å². The van der Waals surface area contributed by atoms with Gasteiger partial charge in [0.1, 0.15) is 6.10 Å². The molecule has 7 heteroatoms. The molecule has 1 amide bonds. The Bertz CT molecular complexity index is 736. The number of likely N-dealkylation sites (tertiary alicyclic amines) is 1. The summed E-state index contributed by atoms with van der Waals surface area (Å²) in [7, 11) is 0. The fourth-order valence-electron chi connectivity index (χ4n) is 3.68. The molecule has 0 saturated carbocycles. The number of nitrogens with one attached hydrogen (secondary N) is 1. The van der Waals surface area contributed by atoms with Crippen molar-refractivity contribution >= 4 is 22.9 Å². The number of amides is 1. The standard InChI is InChI=1S/C18H22N4O2S/c1-12-20-15(11-25-12)9-22-6-4-13-7-16(24-17(13)10-22)18(23)21-14-3-2-5-19-8-14/h2-3,5,8,11,13,16-17H,4,6-7,9-10H2,1H3,(H,21,23)/t13-,16-,17+/m0/s1. The minimum absolute atomic E-state index is 0.0657. The lowest BCUT2D eigenvalue weighted by Gasteiger charge is -2.33. The largest absolute Gasteiger partial charge is 0.364 e. The molecule has 3 atom stereocenters. The summed E-state index contributed by atoms with van der Waals surface area (Å²) in [6, 6.07) is 3.65. The van der Waals surface area contributed by atoms with Crippen LogP contribution in [-0.4, -0.2) is 46.1 Å². The van der Waals surface area contributed by atoms with Gasteiger partial charge in [0.15, 0.2) is 0 Å². The number of aromatic nitrogens is 2. The molecule has 1 N–H and O–H groups in total. The van der Waals surface area contributed by atoms with Gasteiger partial charge in [-0.25, -0.2) is 4.98 Å². The van der Waals surface area contributed by atoms with Crippen molar-refractivity contribution in [3.8, 4) is 0 Å². The summed E-state index contributed by atoms with van der Waals surface area (Å²) in [4.78, 5) is 23.4. The van der Waals surface area contributed by atoms with Gasteiger partial charge in [-0.15, -0.1) is 11.3 Å². The summed E-state index contributed by atoms with van der Waals surface area (Å²) >= 11 is 1.69. The average molecular weight is 358 g/mol. The molecule has 2 saturated heterocycles. The fourth-order valence-corrected chi connectivity index (χ4v) is 4.28. The molecule has 0 aliphatic carbocycles. The van der Waals surface area contributed by atoms with Crippen LogP contribution < -0.4 is 5.32 Å². The van der Waals surface area contributed by atoms with Crippen LogP contribution in [0.5, 0.6) is 0 Å². The molecule has 25 heavy (non-hydrogen) atoms. The number of nitrogens with zero attached hydrogens (tertiary/aromatic N) is 3. The monoisotopic (exact) mass is 358 g/mol. The molecular weight excluding hydrogens is 336 g/mol. The Balaban J connectivity index is 1.33. The fraction of sp³-hybridized carbons (Fsp3) is 0.500. The number of rotatable bonds is 4. The first kappa shape index (κ1) is 16.6. The molecule has 2 fully saturated rings. The van der Waals surface area contributed by atoms with Gasteiger partial charge in [0, 0.05) is 24.7 Å². The lowest BCUT2D eigenvalue weighted by molar-refractivity contribution is -0.127. The Morgan fingerprint density at radius 1 is 1.52 bits per heavy atom. The Hall–Kier alpha value is -1.83. The van der Waals surface area contributed by atoms with E-state index in [-0.39, 0.29) is 18.1 Å². The first-order valence-corrected chi connectivity index (χ1v) is 9.55. The molecule has 4 heterocycles. The van der Waals surface area contributed by atoms with Gasteiger partial charge >= 0.3 is 0 Å². The van der Waals surface area contributed by atoms with Crippen LogP contribution in [0.4, 0.5) is 5.69 Å². The zero-order valence-corrected chi connectivity index (χ0v) is 15.0. The summed E-state index contributed by atoms with van der Waals surface area (Å²) < 4.78 is 6.08. The van der Waals surface area contributed by atoms with Crippen molar-refractivity contribution in [3.63, 3.8) is 0 Å². The number of hydrogen-bond acceptors (Lipinski definition) is 6. The second kappa shape index (κ2) is 7.19. The summed E-state index contributed by atoms with van der Waals surface area (Å²) in [6.45, 7) is 4.81. The maximum absolute atomic E-state index is 12.4. The summed E-state index contributed by atoms with van der Waals surface area (Å²) in [5, 5.41) is 6.13. The molecule has 2 aromatic rings. The second-order valence-electron chi connectivity index (χ2n) is 6.77. The summed E-state index contributed by atoms with van der Waals surface area (Å²) in [5.74, 6) is 0.405. The van der Waals surface area contributed by atoms with Crippen LogP contribution in [0.3, 0.4) is 0 Å². The van der Waals surface area contributed by atoms with E-state index in [1.54, 1.807) is 23.7 Å². The third-order valence-electron chi connectivity index (χ3n) is 4.91. The van der Waals surface area contributed by atoms with Gasteiger partial charge in [-0.05, 0) is 44.4 Å². The molecule has 132 valence electrons. The number of carbonyl (C=O) groups excluding carboxylic acids is 1. The number of fused-ring (bicyclic) bond motifs is 1. The van der Waals surface area contributed by atoms with Crippen molar-refractivity contribution in [1.29, 1.82) is 0 Å². The first-order valence-electron chi connectivity index (χ1n) is 8.67. The van der Waals surface area contributed by atoms with Crippen molar-refractivity contribution < 1.29 is 9.53 Å². The highest BCUT2D eigenvalue weighted by Crippen LogP contribution is 2.34. The molecule has 2 aliphatic heterocycles. The maximum atomic E-state index is 12.4. The number of hydrogen-bond donors (Lipinski definition) is 1. The van der Waals surface area contributed by atoms with Gasteiger partial charge in [0.25, 0.3) is 5.91 Å². The smallest absolute Gasteiger partial charge is 0.253 e. The Kier molecular flexibility index (Phi) is 4.78. The van der Waals surface area contributed by atoms with E-state index >= 15 is 0 Å². The highest BCUT2D eigenvalue weighted by molar-refractivity contribution is 7.09. The Labute approximate surface area is 151 Å². The molecule has 0 radical (unpaired) electrons. The second-order valence-corrected chi connectivity index (χ2v) is 7.83. The van der Waals surface area contributed by atoms with E-state index in [4.69, 9.17) is 4.74 Å². The van der Waals surface area contributed by atoms with Crippen LogP contribution in [0.2, 0.25) is 0 Å². The predicted molar refractivity (Wildman–Crippen MR) is 96.4 cm³/mol. The Morgan fingerprint density at radius 2 is 2.44 bits per heavy atom. The molecular formula is C18H22N4O2S. The molecule has 0 bridgehead atoms. The van der Waals surface area contributed by atoms with Crippen LogP contribution in [0, 0.1) is 12.8 Å². The van der Waals surface area contributed by atoms with Crippen molar-refractivity contribution in [2.24, 2.45) is 5.92 Å². The molecule has 0 aromatic carbocycles. The highest BCUT2D eigenvalue weighted by atomic mass is 32.1. The zero-order valence-electron chi connectivity index (χ0n) is 14.2. The van der Waals surface area contributed by atoms with Gasteiger partial charge in [0.2, 0.25) is 0 Å². The first-order chi connectivity index (χ1) is 12.2. The van der Waals surface area contributed by atoms with E-state index in [2.05, 4.69) is 25.6 Å². The van der Waals surface area contributed by atoms with E-state index in [0.29, 0.717) is 11.6 Å². The Morgan fingerprint density at radius 3 is 3.20 bits per heavy atom. The normalized spacial score (nSPS) is 26.4. The van der Waals surface area contributed by atoms with Gasteiger partial charge in [-0.2, -0.15) is 0 Å². The highest BCUT2D eigenvalue weighted by Gasteiger charge is 2.41. The van der Waals surface area contributed by atoms with E-state index in [1.807, 2.05) is 19.1 Å². The quantitative estimate of drug-likeness (QED) is 0.909. The summed E-state index contributed by atoms with van der Waals surface area (Å²) in [6.07, 6.45) is 4.99. The zero-order chi connectivity index (χ0) is 17.2. The van der Waals surface area contributed by atoms with Gasteiger partial charge < -0.3 is 10.1 Å². The molecule has 2 aliphatic rings. The maximum Gasteiger partial charge on any atom is 0.253 e. The predicted octanol–water partition coefficient (Wildman–Crippen LogP) is 2.46. The lowest BCUT2D eigenvalue weighted by atomic mass is 9.91. The van der Waals surface area contributed by atoms with E-state index in [0.717, 1.165) is 43.2 Å². The topological polar surface area (TPSA) is 67.4 Å². The van der Waals surface area contributed by atoms with Crippen LogP contribution in [-0.2, 0) is 16.1 Å². The molecule has 6 nitrogen and oxygen atoms in total. The number of aryl methyl sites for hydroxylation is 1. The molecule has 0 unspecified atom stereocenters. The van der Waals surface area contributed by atoms with Crippen LogP contribution >= 0.6 is 11.3 Å². The number of anilines is 1. The third kappa shape index (κ3) is 3.89. The number of ether oxygens (including phenoxy) is 1. The average Bonchev–Trinajstić information content (AvgIpc) is 3.21. The molecule has 4 rings (SSSR count). The minimum Gasteiger partial charge on any atom is -0.364 e. The van der Waals surface area contributed by atoms with E-state index in [1.165, 1.54) is 0 Å².